The molecule has 0 heterocycles. The van der Waals surface area contributed by atoms with Crippen LogP contribution in [-0.2, 0) is 20.0 Å². The first-order valence-electron chi connectivity index (χ1n) is 5.43. The summed E-state index contributed by atoms with van der Waals surface area (Å²) in [5, 5.41) is 23.1. The predicted octanol–water partition coefficient (Wildman–Crippen LogP) is -1.64. The van der Waals surface area contributed by atoms with Gasteiger partial charge in [-0.1, -0.05) is 6.07 Å². The lowest BCUT2D eigenvalue weighted by molar-refractivity contribution is 0.122. The average Bonchev–Trinajstić information content (AvgIpc) is 2.37. The number of nitrogens with two attached hydrogens (primary N) is 1. The van der Waals surface area contributed by atoms with Crippen molar-refractivity contribution in [3.05, 3.63) is 24.3 Å². The molecule has 8 nitrogen and oxygen atoms in total. The van der Waals surface area contributed by atoms with Gasteiger partial charge in [0.25, 0.3) is 0 Å². The summed E-state index contributed by atoms with van der Waals surface area (Å²) in [5.74, 6) is 0. The first-order valence-corrected chi connectivity index (χ1v) is 8.46. The smallest absolute Gasteiger partial charge is 0.241 e. The lowest BCUT2D eigenvalue weighted by Crippen LogP contribution is -2.51. The maximum absolute atomic E-state index is 12.1. The highest BCUT2D eigenvalue weighted by Gasteiger charge is 2.30. The number of hydrogen-bond acceptors (Lipinski definition) is 6. The van der Waals surface area contributed by atoms with Gasteiger partial charge in [0.05, 0.1) is 28.5 Å². The zero-order valence-corrected chi connectivity index (χ0v) is 12.3. The quantitative estimate of drug-likeness (QED) is 0.493. The Kier molecular flexibility index (Phi) is 4.90. The van der Waals surface area contributed by atoms with E-state index in [2.05, 4.69) is 4.72 Å². The molecule has 1 aromatic carbocycles. The maximum atomic E-state index is 12.1. The SMILES string of the molecule is CC(CO)(CO)NS(=O)(=O)c1cccc(S(N)(=O)=O)c1. The fourth-order valence-electron chi connectivity index (χ4n) is 1.32. The highest BCUT2D eigenvalue weighted by atomic mass is 32.2. The fraction of sp³-hybridized carbons (Fsp3) is 0.400. The van der Waals surface area contributed by atoms with Gasteiger partial charge in [-0.15, -0.1) is 0 Å². The Morgan fingerprint density at radius 3 is 2.10 bits per heavy atom. The summed E-state index contributed by atoms with van der Waals surface area (Å²) in [6.45, 7) is 0.0449. The molecule has 10 heteroatoms. The van der Waals surface area contributed by atoms with E-state index in [0.717, 1.165) is 12.1 Å². The van der Waals surface area contributed by atoms with Gasteiger partial charge < -0.3 is 10.2 Å². The molecule has 0 spiro atoms. The molecule has 0 bridgehead atoms. The Bertz CT molecular complexity index is 679. The van der Waals surface area contributed by atoms with Crippen LogP contribution in [0, 0.1) is 0 Å². The predicted molar refractivity (Wildman–Crippen MR) is 70.7 cm³/mol. The van der Waals surface area contributed by atoms with Crippen molar-refractivity contribution in [1.82, 2.24) is 4.72 Å². The molecule has 0 amide bonds. The van der Waals surface area contributed by atoms with E-state index in [-0.39, 0.29) is 9.79 Å². The van der Waals surface area contributed by atoms with Crippen molar-refractivity contribution in [2.75, 3.05) is 13.2 Å². The van der Waals surface area contributed by atoms with Gasteiger partial charge in [0.1, 0.15) is 0 Å². The minimum Gasteiger partial charge on any atom is -0.394 e. The van der Waals surface area contributed by atoms with Crippen molar-refractivity contribution >= 4 is 20.0 Å². The minimum atomic E-state index is -4.11. The van der Waals surface area contributed by atoms with Gasteiger partial charge in [-0.2, -0.15) is 0 Å². The van der Waals surface area contributed by atoms with E-state index in [1.165, 1.54) is 19.1 Å². The van der Waals surface area contributed by atoms with E-state index in [1.54, 1.807) is 0 Å². The second-order valence-electron chi connectivity index (χ2n) is 4.50. The summed E-state index contributed by atoms with van der Waals surface area (Å²) in [4.78, 5) is -0.688. The van der Waals surface area contributed by atoms with Crippen LogP contribution in [0.5, 0.6) is 0 Å². The Hall–Kier alpha value is -1.04. The summed E-state index contributed by atoms with van der Waals surface area (Å²) in [6, 6.07) is 4.45. The molecule has 0 aliphatic heterocycles. The molecule has 0 aliphatic rings. The van der Waals surface area contributed by atoms with Gasteiger partial charge in [-0.25, -0.2) is 26.7 Å². The van der Waals surface area contributed by atoms with Gasteiger partial charge in [0.15, 0.2) is 0 Å². The van der Waals surface area contributed by atoms with Crippen LogP contribution in [-0.4, -0.2) is 45.8 Å². The first kappa shape index (κ1) is 17.0. The van der Waals surface area contributed by atoms with E-state index >= 15 is 0 Å². The molecule has 1 rings (SSSR count). The summed E-state index contributed by atoms with van der Waals surface area (Å²) < 4.78 is 48.6. The average molecular weight is 324 g/mol. The Morgan fingerprint density at radius 1 is 1.15 bits per heavy atom. The largest absolute Gasteiger partial charge is 0.394 e. The number of primary sulfonamides is 1. The van der Waals surface area contributed by atoms with Gasteiger partial charge in [-0.3, -0.25) is 0 Å². The van der Waals surface area contributed by atoms with E-state index in [9.17, 15) is 16.8 Å². The van der Waals surface area contributed by atoms with Crippen LogP contribution in [0.3, 0.4) is 0 Å². The maximum Gasteiger partial charge on any atom is 0.241 e. The van der Waals surface area contributed by atoms with Crippen molar-refractivity contribution in [2.24, 2.45) is 5.14 Å². The fourth-order valence-corrected chi connectivity index (χ4v) is 3.39. The minimum absolute atomic E-state index is 0.336. The lowest BCUT2D eigenvalue weighted by Gasteiger charge is -2.25. The lowest BCUT2D eigenvalue weighted by atomic mass is 10.1. The van der Waals surface area contributed by atoms with E-state index < -0.39 is 38.8 Å². The molecule has 114 valence electrons. The second-order valence-corrected chi connectivity index (χ2v) is 7.75. The third-order valence-electron chi connectivity index (χ3n) is 2.52. The monoisotopic (exact) mass is 324 g/mol. The van der Waals surface area contributed by atoms with Crippen LogP contribution in [0.15, 0.2) is 34.1 Å². The Labute approximate surface area is 117 Å². The van der Waals surface area contributed by atoms with Gasteiger partial charge in [-0.05, 0) is 25.1 Å². The molecule has 0 atom stereocenters. The number of rotatable bonds is 6. The summed E-state index contributed by atoms with van der Waals surface area (Å²) in [5.41, 5.74) is -1.46. The van der Waals surface area contributed by atoms with Crippen molar-refractivity contribution < 1.29 is 27.0 Å². The molecule has 1 aromatic rings. The number of nitrogens with one attached hydrogen (secondary N) is 1. The third kappa shape index (κ3) is 3.98. The Morgan fingerprint density at radius 2 is 1.65 bits per heavy atom. The van der Waals surface area contributed by atoms with Crippen LogP contribution in [0.4, 0.5) is 0 Å². The molecule has 0 aliphatic carbocycles. The van der Waals surface area contributed by atoms with Crippen molar-refractivity contribution in [3.63, 3.8) is 0 Å². The molecule has 0 fully saturated rings. The third-order valence-corrected chi connectivity index (χ3v) is 5.07. The summed E-state index contributed by atoms with van der Waals surface area (Å²) >= 11 is 0. The number of hydrogen-bond donors (Lipinski definition) is 4. The van der Waals surface area contributed by atoms with Crippen molar-refractivity contribution in [1.29, 1.82) is 0 Å². The zero-order valence-electron chi connectivity index (χ0n) is 10.6. The second kappa shape index (κ2) is 5.76. The number of benzene rings is 1. The van der Waals surface area contributed by atoms with Gasteiger partial charge in [0.2, 0.25) is 20.0 Å². The van der Waals surface area contributed by atoms with Crippen LogP contribution in [0.25, 0.3) is 0 Å². The molecule has 0 aromatic heterocycles. The van der Waals surface area contributed by atoms with Crippen molar-refractivity contribution in [2.45, 2.75) is 22.3 Å². The molecular formula is C10H16N2O6S2. The van der Waals surface area contributed by atoms with Crippen LogP contribution < -0.4 is 9.86 Å². The molecule has 20 heavy (non-hydrogen) atoms. The van der Waals surface area contributed by atoms with E-state index in [4.69, 9.17) is 15.4 Å². The molecular weight excluding hydrogens is 308 g/mol. The number of aliphatic hydroxyl groups is 2. The Balaban J connectivity index is 3.24. The van der Waals surface area contributed by atoms with E-state index in [0.29, 0.717) is 0 Å². The number of sulfonamides is 2. The normalized spacial score (nSPS) is 13.4. The first-order chi connectivity index (χ1) is 9.04. The molecule has 0 saturated heterocycles. The standard InChI is InChI=1S/C10H16N2O6S2/c1-10(6-13,7-14)12-20(17,18)9-4-2-3-8(5-9)19(11,15)16/h2-5,12-14H,6-7H2,1H3,(H2,11,15,16). The van der Waals surface area contributed by atoms with Crippen LogP contribution >= 0.6 is 0 Å². The number of aliphatic hydroxyl groups excluding tert-OH is 2. The van der Waals surface area contributed by atoms with Gasteiger partial charge >= 0.3 is 0 Å². The molecule has 0 unspecified atom stereocenters. The topological polar surface area (TPSA) is 147 Å². The summed E-state index contributed by atoms with van der Waals surface area (Å²) in [6.07, 6.45) is 0. The van der Waals surface area contributed by atoms with Gasteiger partial charge in [0, 0.05) is 0 Å². The van der Waals surface area contributed by atoms with Crippen molar-refractivity contribution in [3.8, 4) is 0 Å². The molecule has 0 radical (unpaired) electrons. The zero-order chi connectivity index (χ0) is 15.6. The summed E-state index contributed by atoms with van der Waals surface area (Å²) in [7, 11) is -8.15. The van der Waals surface area contributed by atoms with E-state index in [1.807, 2.05) is 0 Å². The highest BCUT2D eigenvalue weighted by molar-refractivity contribution is 7.90. The highest BCUT2D eigenvalue weighted by Crippen LogP contribution is 2.16. The van der Waals surface area contributed by atoms with Crippen LogP contribution in [0.2, 0.25) is 0 Å². The van der Waals surface area contributed by atoms with Crippen LogP contribution in [0.1, 0.15) is 6.92 Å². The molecule has 5 N–H and O–H groups in total. The molecule has 0 saturated carbocycles.